The number of aromatic nitrogens is 2. The summed E-state index contributed by atoms with van der Waals surface area (Å²) in [5, 5.41) is 18.3. The smallest absolute Gasteiger partial charge is 0.407 e. The van der Waals surface area contributed by atoms with Gasteiger partial charge in [-0.1, -0.05) is 48.5 Å². The van der Waals surface area contributed by atoms with Gasteiger partial charge in [-0.25, -0.2) is 4.79 Å². The lowest BCUT2D eigenvalue weighted by atomic mass is 9.98. The normalized spacial score (nSPS) is 13.0. The standard InChI is InChI=1S/C24H24N4O5/c1-14-21(12-28(2)27-14)25-23(31)20(11-22(29)30)26-24(32)33-13-19-17-9-5-3-7-15(17)16-8-4-6-10-18(16)19/h3-10,12,19-20H,11,13H2,1-2H3,(H,25,31)(H,26,32)(H,29,30). The first kappa shape index (κ1) is 22.1. The molecule has 1 aromatic heterocycles. The number of carbonyl (C=O) groups is 3. The lowest BCUT2D eigenvalue weighted by molar-refractivity contribution is -0.139. The highest BCUT2D eigenvalue weighted by molar-refractivity contribution is 5.98. The average molecular weight is 448 g/mol. The van der Waals surface area contributed by atoms with E-state index in [-0.39, 0.29) is 12.5 Å². The molecule has 9 heteroatoms. The van der Waals surface area contributed by atoms with Crippen LogP contribution in [0.1, 0.15) is 29.2 Å². The topological polar surface area (TPSA) is 123 Å². The molecule has 0 spiro atoms. The zero-order valence-corrected chi connectivity index (χ0v) is 18.2. The summed E-state index contributed by atoms with van der Waals surface area (Å²) in [6, 6.07) is 14.5. The number of nitrogens with one attached hydrogen (secondary N) is 2. The van der Waals surface area contributed by atoms with Crippen LogP contribution < -0.4 is 10.6 Å². The number of fused-ring (bicyclic) bond motifs is 3. The molecule has 0 fully saturated rings. The number of hydrogen-bond donors (Lipinski definition) is 3. The Kier molecular flexibility index (Phi) is 6.12. The van der Waals surface area contributed by atoms with Crippen LogP contribution in [0.4, 0.5) is 10.5 Å². The van der Waals surface area contributed by atoms with E-state index in [2.05, 4.69) is 15.7 Å². The van der Waals surface area contributed by atoms with Crippen LogP contribution in [-0.2, 0) is 21.4 Å². The van der Waals surface area contributed by atoms with Crippen molar-refractivity contribution < 1.29 is 24.2 Å². The number of alkyl carbamates (subject to hydrolysis) is 1. The van der Waals surface area contributed by atoms with Crippen LogP contribution in [0.3, 0.4) is 0 Å². The van der Waals surface area contributed by atoms with Gasteiger partial charge in [-0.3, -0.25) is 14.3 Å². The lowest BCUT2D eigenvalue weighted by Gasteiger charge is -2.18. The van der Waals surface area contributed by atoms with Gasteiger partial charge in [-0.05, 0) is 29.2 Å². The van der Waals surface area contributed by atoms with E-state index in [4.69, 9.17) is 4.74 Å². The maximum atomic E-state index is 12.7. The van der Waals surface area contributed by atoms with E-state index in [1.54, 1.807) is 20.2 Å². The summed E-state index contributed by atoms with van der Waals surface area (Å²) in [6.07, 6.45) is 0.148. The quantitative estimate of drug-likeness (QED) is 0.511. The molecule has 9 nitrogen and oxygen atoms in total. The molecule has 3 N–H and O–H groups in total. The van der Waals surface area contributed by atoms with E-state index in [1.165, 1.54) is 4.68 Å². The first-order valence-corrected chi connectivity index (χ1v) is 10.5. The maximum absolute atomic E-state index is 12.7. The minimum atomic E-state index is -1.31. The third-order valence-electron chi connectivity index (χ3n) is 5.60. The van der Waals surface area contributed by atoms with Crippen molar-refractivity contribution in [3.05, 3.63) is 71.5 Å². The third-order valence-corrected chi connectivity index (χ3v) is 5.60. The molecule has 33 heavy (non-hydrogen) atoms. The van der Waals surface area contributed by atoms with Gasteiger partial charge in [0.2, 0.25) is 5.91 Å². The predicted molar refractivity (Wildman–Crippen MR) is 121 cm³/mol. The fourth-order valence-electron chi connectivity index (χ4n) is 4.11. The summed E-state index contributed by atoms with van der Waals surface area (Å²) in [5.74, 6) is -2.04. The van der Waals surface area contributed by atoms with Crippen LogP contribution in [0.25, 0.3) is 11.1 Å². The molecule has 2 aromatic carbocycles. The zero-order valence-electron chi connectivity index (χ0n) is 18.2. The number of nitrogens with zero attached hydrogens (tertiary/aromatic N) is 2. The average Bonchev–Trinajstić information content (AvgIpc) is 3.27. The molecular formula is C24H24N4O5. The summed E-state index contributed by atoms with van der Waals surface area (Å²) < 4.78 is 6.96. The number of rotatable bonds is 7. The summed E-state index contributed by atoms with van der Waals surface area (Å²) >= 11 is 0. The number of hydrogen-bond acceptors (Lipinski definition) is 5. The van der Waals surface area contributed by atoms with E-state index >= 15 is 0 Å². The second kappa shape index (κ2) is 9.15. The van der Waals surface area contributed by atoms with Crippen molar-refractivity contribution in [2.24, 2.45) is 7.05 Å². The Hall–Kier alpha value is -4.14. The zero-order chi connectivity index (χ0) is 23.5. The van der Waals surface area contributed by atoms with Crippen LogP contribution in [0.5, 0.6) is 0 Å². The van der Waals surface area contributed by atoms with Crippen LogP contribution in [0.15, 0.2) is 54.7 Å². The van der Waals surface area contributed by atoms with Gasteiger partial charge in [0.25, 0.3) is 0 Å². The van der Waals surface area contributed by atoms with Crippen molar-refractivity contribution in [2.75, 3.05) is 11.9 Å². The van der Waals surface area contributed by atoms with Crippen molar-refractivity contribution in [3.8, 4) is 11.1 Å². The Morgan fingerprint density at radius 2 is 1.70 bits per heavy atom. The number of carbonyl (C=O) groups excluding carboxylic acids is 2. The highest BCUT2D eigenvalue weighted by Crippen LogP contribution is 2.44. The molecule has 0 radical (unpaired) electrons. The Bertz CT molecular complexity index is 1170. The number of ether oxygens (including phenoxy) is 1. The summed E-state index contributed by atoms with van der Waals surface area (Å²) in [7, 11) is 1.70. The first-order valence-electron chi connectivity index (χ1n) is 10.5. The molecule has 1 aliphatic carbocycles. The highest BCUT2D eigenvalue weighted by atomic mass is 16.5. The molecule has 1 atom stereocenters. The minimum Gasteiger partial charge on any atom is -0.481 e. The second-order valence-electron chi connectivity index (χ2n) is 7.91. The minimum absolute atomic E-state index is 0.0585. The molecule has 3 aromatic rings. The van der Waals surface area contributed by atoms with Gasteiger partial charge in [0.15, 0.2) is 0 Å². The van der Waals surface area contributed by atoms with Crippen LogP contribution in [-0.4, -0.2) is 45.5 Å². The monoisotopic (exact) mass is 448 g/mol. The molecule has 1 heterocycles. The molecule has 170 valence electrons. The summed E-state index contributed by atoms with van der Waals surface area (Å²) in [5.41, 5.74) is 5.30. The molecule has 0 saturated carbocycles. The van der Waals surface area contributed by atoms with E-state index in [1.807, 2.05) is 48.5 Å². The first-order chi connectivity index (χ1) is 15.8. The molecule has 2 amide bonds. The lowest BCUT2D eigenvalue weighted by Crippen LogP contribution is -2.45. The molecule has 0 aliphatic heterocycles. The fraction of sp³-hybridized carbons (Fsp3) is 0.250. The maximum Gasteiger partial charge on any atom is 0.407 e. The molecule has 1 aliphatic rings. The number of aliphatic carboxylic acids is 1. The van der Waals surface area contributed by atoms with E-state index < -0.39 is 30.4 Å². The van der Waals surface area contributed by atoms with Gasteiger partial charge in [0.05, 0.1) is 17.8 Å². The number of anilines is 1. The molecule has 1 unspecified atom stereocenters. The van der Waals surface area contributed by atoms with Crippen LogP contribution in [0.2, 0.25) is 0 Å². The van der Waals surface area contributed by atoms with Gasteiger partial charge in [-0.15, -0.1) is 0 Å². The van der Waals surface area contributed by atoms with Gasteiger partial charge in [0, 0.05) is 19.2 Å². The molecular weight excluding hydrogens is 424 g/mol. The van der Waals surface area contributed by atoms with Crippen molar-refractivity contribution in [1.29, 1.82) is 0 Å². The SMILES string of the molecule is Cc1nn(C)cc1NC(=O)C(CC(=O)O)NC(=O)OCC1c2ccccc2-c2ccccc21. The predicted octanol–water partition coefficient (Wildman–Crippen LogP) is 3.05. The number of carboxylic acids is 1. The Balaban J connectivity index is 1.43. The van der Waals surface area contributed by atoms with E-state index in [0.29, 0.717) is 11.4 Å². The molecule has 4 rings (SSSR count). The number of benzene rings is 2. The Morgan fingerprint density at radius 3 is 2.24 bits per heavy atom. The van der Waals surface area contributed by atoms with Crippen molar-refractivity contribution in [3.63, 3.8) is 0 Å². The van der Waals surface area contributed by atoms with Crippen molar-refractivity contribution in [1.82, 2.24) is 15.1 Å². The van der Waals surface area contributed by atoms with Crippen molar-refractivity contribution >= 4 is 23.7 Å². The number of aryl methyl sites for hydroxylation is 2. The van der Waals surface area contributed by atoms with Crippen LogP contribution in [0, 0.1) is 6.92 Å². The van der Waals surface area contributed by atoms with E-state index in [0.717, 1.165) is 22.3 Å². The molecule has 0 bridgehead atoms. The highest BCUT2D eigenvalue weighted by Gasteiger charge is 2.30. The largest absolute Gasteiger partial charge is 0.481 e. The summed E-state index contributed by atoms with van der Waals surface area (Å²) in [4.78, 5) is 36.4. The van der Waals surface area contributed by atoms with Crippen molar-refractivity contribution in [2.45, 2.75) is 25.3 Å². The van der Waals surface area contributed by atoms with Gasteiger partial charge in [0.1, 0.15) is 12.6 Å². The van der Waals surface area contributed by atoms with Gasteiger partial charge < -0.3 is 20.5 Å². The van der Waals surface area contributed by atoms with Gasteiger partial charge >= 0.3 is 12.1 Å². The van der Waals surface area contributed by atoms with E-state index in [9.17, 15) is 19.5 Å². The third kappa shape index (κ3) is 4.72. The number of amides is 2. The number of carboxylic acid groups (broad SMARTS) is 1. The Morgan fingerprint density at radius 1 is 1.09 bits per heavy atom. The molecule has 0 saturated heterocycles. The van der Waals surface area contributed by atoms with Gasteiger partial charge in [-0.2, -0.15) is 5.10 Å². The van der Waals surface area contributed by atoms with Crippen LogP contribution >= 0.6 is 0 Å². The fourth-order valence-corrected chi connectivity index (χ4v) is 4.11. The summed E-state index contributed by atoms with van der Waals surface area (Å²) in [6.45, 7) is 1.77. The second-order valence-corrected chi connectivity index (χ2v) is 7.91. The Labute approximate surface area is 190 Å².